The van der Waals surface area contributed by atoms with Gasteiger partial charge in [-0.15, -0.1) is 0 Å². The number of aliphatic carboxylic acids is 1. The molecule has 0 spiro atoms. The van der Waals surface area contributed by atoms with Gasteiger partial charge in [0, 0.05) is 17.6 Å². The molecule has 0 bridgehead atoms. The minimum Gasteiger partial charge on any atom is -0.506 e. The van der Waals surface area contributed by atoms with Crippen molar-refractivity contribution in [2.24, 2.45) is 0 Å². The fourth-order valence-electron chi connectivity index (χ4n) is 2.85. The van der Waals surface area contributed by atoms with Crippen molar-refractivity contribution >= 4 is 22.8 Å². The molecule has 6 nitrogen and oxygen atoms in total. The molecule has 0 aliphatic rings. The number of nitrogens with one attached hydrogen (secondary N) is 1. The van der Waals surface area contributed by atoms with E-state index in [9.17, 15) is 14.7 Å². The van der Waals surface area contributed by atoms with Gasteiger partial charge >= 0.3 is 5.97 Å². The molecule has 132 valence electrons. The normalized spacial score (nSPS) is 10.7. The molecule has 6 heteroatoms. The van der Waals surface area contributed by atoms with Gasteiger partial charge in [-0.25, -0.2) is 4.98 Å². The first kappa shape index (κ1) is 17.4. The number of para-hydroxylation sites is 1. The number of aryl methyl sites for hydroxylation is 1. The van der Waals surface area contributed by atoms with Crippen LogP contribution in [-0.2, 0) is 17.8 Å². The van der Waals surface area contributed by atoms with Crippen LogP contribution in [0.2, 0.25) is 0 Å². The van der Waals surface area contributed by atoms with Crippen LogP contribution in [0.25, 0.3) is 10.9 Å². The molecule has 0 atom stereocenters. The Morgan fingerprint density at radius 2 is 1.81 bits per heavy atom. The highest BCUT2D eigenvalue weighted by Crippen LogP contribution is 2.26. The van der Waals surface area contributed by atoms with Crippen molar-refractivity contribution in [2.45, 2.75) is 19.9 Å². The lowest BCUT2D eigenvalue weighted by Gasteiger charge is -2.10. The molecule has 1 aromatic heterocycles. The number of benzene rings is 2. The average Bonchev–Trinajstić information content (AvgIpc) is 2.59. The lowest BCUT2D eigenvalue weighted by molar-refractivity contribution is -0.136. The van der Waals surface area contributed by atoms with Gasteiger partial charge in [-0.2, -0.15) is 0 Å². The first-order valence-corrected chi connectivity index (χ1v) is 8.11. The number of phenolic OH excluding ortho intramolecular Hbond substituents is 1. The van der Waals surface area contributed by atoms with E-state index in [1.165, 1.54) is 6.07 Å². The summed E-state index contributed by atoms with van der Waals surface area (Å²) in [5, 5.41) is 22.3. The molecule has 1 amide bonds. The molecule has 3 N–H and O–H groups in total. The number of nitrogens with zero attached hydrogens (tertiary/aromatic N) is 1. The molecule has 1 heterocycles. The molecule has 0 radical (unpaired) electrons. The summed E-state index contributed by atoms with van der Waals surface area (Å²) in [6, 6.07) is 13.7. The second kappa shape index (κ2) is 7.23. The van der Waals surface area contributed by atoms with E-state index in [0.29, 0.717) is 27.7 Å². The second-order valence-corrected chi connectivity index (χ2v) is 6.06. The first-order valence-electron chi connectivity index (χ1n) is 8.11. The average molecular weight is 350 g/mol. The fourth-order valence-corrected chi connectivity index (χ4v) is 2.85. The van der Waals surface area contributed by atoms with Gasteiger partial charge in [0.25, 0.3) is 5.91 Å². The molecular formula is C20H18N2O4. The number of phenols is 1. The SMILES string of the molecule is Cc1cc(C(=O)NCc2cccc(CC(=O)O)c2)c2cccc(O)c2n1. The maximum absolute atomic E-state index is 12.6. The monoisotopic (exact) mass is 350 g/mol. The van der Waals surface area contributed by atoms with Crippen molar-refractivity contribution in [1.82, 2.24) is 10.3 Å². The Morgan fingerprint density at radius 1 is 1.08 bits per heavy atom. The Balaban J connectivity index is 1.82. The van der Waals surface area contributed by atoms with Crippen molar-refractivity contribution in [2.75, 3.05) is 0 Å². The van der Waals surface area contributed by atoms with Gasteiger partial charge in [0.05, 0.1) is 12.0 Å². The number of aromatic hydroxyl groups is 1. The quantitative estimate of drug-likeness (QED) is 0.657. The van der Waals surface area contributed by atoms with Gasteiger partial charge < -0.3 is 15.5 Å². The number of fused-ring (bicyclic) bond motifs is 1. The van der Waals surface area contributed by atoms with Gasteiger partial charge in [0.15, 0.2) is 0 Å². The van der Waals surface area contributed by atoms with E-state index in [4.69, 9.17) is 5.11 Å². The lowest BCUT2D eigenvalue weighted by Crippen LogP contribution is -2.23. The molecule has 3 aromatic rings. The standard InChI is InChI=1S/C20H18N2O4/c1-12-8-16(15-6-3-7-17(23)19(15)22-12)20(26)21-11-14-5-2-4-13(9-14)10-18(24)25/h2-9,23H,10-11H2,1H3,(H,21,26)(H,24,25). The topological polar surface area (TPSA) is 99.5 Å². The van der Waals surface area contributed by atoms with Gasteiger partial charge in [-0.3, -0.25) is 9.59 Å². The highest BCUT2D eigenvalue weighted by atomic mass is 16.4. The van der Waals surface area contributed by atoms with E-state index in [0.717, 1.165) is 5.56 Å². The zero-order chi connectivity index (χ0) is 18.7. The van der Waals surface area contributed by atoms with Gasteiger partial charge in [0.2, 0.25) is 0 Å². The second-order valence-electron chi connectivity index (χ2n) is 6.06. The third kappa shape index (κ3) is 3.80. The fraction of sp³-hybridized carbons (Fsp3) is 0.150. The first-order chi connectivity index (χ1) is 12.4. The van der Waals surface area contributed by atoms with E-state index in [2.05, 4.69) is 10.3 Å². The summed E-state index contributed by atoms with van der Waals surface area (Å²) in [5.74, 6) is -1.15. The van der Waals surface area contributed by atoms with Crippen LogP contribution in [0.5, 0.6) is 5.75 Å². The highest BCUT2D eigenvalue weighted by molar-refractivity contribution is 6.07. The Hall–Kier alpha value is -3.41. The molecular weight excluding hydrogens is 332 g/mol. The molecule has 2 aromatic carbocycles. The molecule has 26 heavy (non-hydrogen) atoms. The molecule has 0 aliphatic carbocycles. The van der Waals surface area contributed by atoms with Crippen LogP contribution in [-0.4, -0.2) is 27.1 Å². The summed E-state index contributed by atoms with van der Waals surface area (Å²) in [6.45, 7) is 2.03. The summed E-state index contributed by atoms with van der Waals surface area (Å²) in [4.78, 5) is 27.8. The summed E-state index contributed by atoms with van der Waals surface area (Å²) >= 11 is 0. The number of pyridine rings is 1. The lowest BCUT2D eigenvalue weighted by atomic mass is 10.1. The van der Waals surface area contributed by atoms with E-state index >= 15 is 0 Å². The number of carbonyl (C=O) groups is 2. The maximum atomic E-state index is 12.6. The largest absolute Gasteiger partial charge is 0.506 e. The Kier molecular flexibility index (Phi) is 4.84. The molecule has 0 saturated carbocycles. The highest BCUT2D eigenvalue weighted by Gasteiger charge is 2.14. The Morgan fingerprint density at radius 3 is 2.58 bits per heavy atom. The van der Waals surface area contributed by atoms with Gasteiger partial charge in [-0.05, 0) is 30.2 Å². The maximum Gasteiger partial charge on any atom is 0.307 e. The van der Waals surface area contributed by atoms with Crippen molar-refractivity contribution in [1.29, 1.82) is 0 Å². The van der Waals surface area contributed by atoms with Crippen LogP contribution in [0.4, 0.5) is 0 Å². The van der Waals surface area contributed by atoms with Crippen molar-refractivity contribution < 1.29 is 19.8 Å². The van der Waals surface area contributed by atoms with Crippen LogP contribution >= 0.6 is 0 Å². The zero-order valence-corrected chi connectivity index (χ0v) is 14.2. The molecule has 0 fully saturated rings. The van der Waals surface area contributed by atoms with Crippen LogP contribution in [0.1, 0.15) is 27.2 Å². The predicted molar refractivity (Wildman–Crippen MR) is 97.1 cm³/mol. The third-order valence-corrected chi connectivity index (χ3v) is 3.99. The summed E-state index contributed by atoms with van der Waals surface area (Å²) in [7, 11) is 0. The van der Waals surface area contributed by atoms with E-state index < -0.39 is 5.97 Å². The van der Waals surface area contributed by atoms with Crippen molar-refractivity contribution in [3.63, 3.8) is 0 Å². The number of carboxylic acids is 1. The summed E-state index contributed by atoms with van der Waals surface area (Å²) in [5.41, 5.74) is 2.95. The number of carbonyl (C=O) groups excluding carboxylic acids is 1. The Labute approximate surface area is 150 Å². The van der Waals surface area contributed by atoms with E-state index in [1.54, 1.807) is 43.3 Å². The Bertz CT molecular complexity index is 998. The number of carboxylic acid groups (broad SMARTS) is 1. The number of rotatable bonds is 5. The minimum atomic E-state index is -0.898. The minimum absolute atomic E-state index is 0.0293. The molecule has 0 unspecified atom stereocenters. The number of hydrogen-bond acceptors (Lipinski definition) is 4. The van der Waals surface area contributed by atoms with E-state index in [1.807, 2.05) is 6.07 Å². The molecule has 0 aliphatic heterocycles. The van der Waals surface area contributed by atoms with Crippen LogP contribution in [0, 0.1) is 6.92 Å². The van der Waals surface area contributed by atoms with E-state index in [-0.39, 0.29) is 24.6 Å². The van der Waals surface area contributed by atoms with Crippen LogP contribution in [0.15, 0.2) is 48.5 Å². The van der Waals surface area contributed by atoms with Crippen LogP contribution in [0.3, 0.4) is 0 Å². The van der Waals surface area contributed by atoms with Gasteiger partial charge in [-0.1, -0.05) is 36.4 Å². The van der Waals surface area contributed by atoms with Gasteiger partial charge in [0.1, 0.15) is 11.3 Å². The number of hydrogen-bond donors (Lipinski definition) is 3. The third-order valence-electron chi connectivity index (χ3n) is 3.99. The van der Waals surface area contributed by atoms with Crippen LogP contribution < -0.4 is 5.32 Å². The molecule has 3 rings (SSSR count). The summed E-state index contributed by atoms with van der Waals surface area (Å²) < 4.78 is 0. The zero-order valence-electron chi connectivity index (χ0n) is 14.2. The smallest absolute Gasteiger partial charge is 0.307 e. The number of aromatic nitrogens is 1. The number of amides is 1. The predicted octanol–water partition coefficient (Wildman–Crippen LogP) is 2.81. The summed E-state index contributed by atoms with van der Waals surface area (Å²) in [6.07, 6.45) is -0.0603. The van der Waals surface area contributed by atoms with Crippen molar-refractivity contribution in [3.8, 4) is 5.75 Å². The van der Waals surface area contributed by atoms with Crippen molar-refractivity contribution in [3.05, 3.63) is 70.9 Å². The molecule has 0 saturated heterocycles.